The van der Waals surface area contributed by atoms with Crippen molar-refractivity contribution >= 4 is 15.8 Å². The maximum absolute atomic E-state index is 11.3. The lowest BCUT2D eigenvalue weighted by Crippen LogP contribution is -2.43. The van der Waals surface area contributed by atoms with Gasteiger partial charge >= 0.3 is 0 Å². The van der Waals surface area contributed by atoms with Gasteiger partial charge in [-0.3, -0.25) is 4.99 Å². The van der Waals surface area contributed by atoms with Gasteiger partial charge in [0.05, 0.1) is 5.75 Å². The Hall–Kier alpha value is -1.56. The zero-order valence-electron chi connectivity index (χ0n) is 15.5. The third-order valence-electron chi connectivity index (χ3n) is 3.82. The van der Waals surface area contributed by atoms with Gasteiger partial charge in [0, 0.05) is 31.3 Å². The van der Waals surface area contributed by atoms with E-state index in [-0.39, 0.29) is 11.8 Å². The van der Waals surface area contributed by atoms with Crippen LogP contribution in [0.5, 0.6) is 0 Å². The molecule has 0 aliphatic heterocycles. The van der Waals surface area contributed by atoms with Crippen LogP contribution in [0.4, 0.5) is 0 Å². The highest BCUT2D eigenvalue weighted by molar-refractivity contribution is 7.90. The maximum Gasteiger partial charge on any atom is 0.191 e. The number of rotatable bonds is 8. The molecule has 0 heterocycles. The van der Waals surface area contributed by atoms with Gasteiger partial charge in [0.1, 0.15) is 9.84 Å². The molecule has 2 unspecified atom stereocenters. The summed E-state index contributed by atoms with van der Waals surface area (Å²) in [6, 6.07) is 8.57. The normalized spacial score (nSPS) is 15.0. The number of guanidine groups is 1. The van der Waals surface area contributed by atoms with Gasteiger partial charge in [0.25, 0.3) is 0 Å². The summed E-state index contributed by atoms with van der Waals surface area (Å²) in [5.74, 6) is 1.24. The van der Waals surface area contributed by atoms with E-state index in [2.05, 4.69) is 53.7 Å². The predicted octanol–water partition coefficient (Wildman–Crippen LogP) is 2.48. The smallest absolute Gasteiger partial charge is 0.191 e. The molecule has 2 atom stereocenters. The van der Waals surface area contributed by atoms with Gasteiger partial charge in [-0.2, -0.15) is 0 Å². The zero-order valence-corrected chi connectivity index (χ0v) is 16.3. The van der Waals surface area contributed by atoms with Gasteiger partial charge in [-0.05, 0) is 32.8 Å². The maximum atomic E-state index is 11.3. The fourth-order valence-electron chi connectivity index (χ4n) is 2.25. The van der Waals surface area contributed by atoms with Crippen molar-refractivity contribution in [2.45, 2.75) is 46.1 Å². The molecule has 0 bridgehead atoms. The van der Waals surface area contributed by atoms with Crippen LogP contribution in [-0.2, 0) is 9.84 Å². The molecular formula is C18H31N3O2S. The Morgan fingerprint density at radius 3 is 2.38 bits per heavy atom. The molecule has 1 aromatic rings. The highest BCUT2D eigenvalue weighted by Crippen LogP contribution is 2.15. The molecule has 136 valence electrons. The minimum Gasteiger partial charge on any atom is -0.357 e. The van der Waals surface area contributed by atoms with Crippen molar-refractivity contribution in [1.82, 2.24) is 10.6 Å². The molecule has 1 rings (SSSR count). The number of nitrogens with one attached hydrogen (secondary N) is 2. The number of hydrogen-bond donors (Lipinski definition) is 2. The van der Waals surface area contributed by atoms with E-state index in [1.807, 2.05) is 13.8 Å². The van der Waals surface area contributed by atoms with Crippen LogP contribution >= 0.6 is 0 Å². The van der Waals surface area contributed by atoms with E-state index in [0.29, 0.717) is 18.9 Å². The number of nitrogens with zero attached hydrogens (tertiary/aromatic N) is 1. The van der Waals surface area contributed by atoms with E-state index in [1.165, 1.54) is 17.4 Å². The summed E-state index contributed by atoms with van der Waals surface area (Å²) in [7, 11) is -2.93. The van der Waals surface area contributed by atoms with Crippen LogP contribution in [-0.4, -0.2) is 45.5 Å². The average molecular weight is 354 g/mol. The second-order valence-electron chi connectivity index (χ2n) is 6.50. The van der Waals surface area contributed by atoms with Crippen LogP contribution in [0.2, 0.25) is 0 Å². The fraction of sp³-hybridized carbons (Fsp3) is 0.611. The van der Waals surface area contributed by atoms with Gasteiger partial charge in [-0.1, -0.05) is 36.8 Å². The standard InChI is InChI=1S/C18H31N3O2S/c1-6-19-18(21-16(4)11-12-24(5,22)23)20-13-15(3)17-9-7-14(2)8-10-17/h7-10,15-16H,6,11-13H2,1-5H3,(H2,19,20,21). The first kappa shape index (κ1) is 20.5. The molecule has 0 radical (unpaired) electrons. The van der Waals surface area contributed by atoms with Crippen molar-refractivity contribution in [3.8, 4) is 0 Å². The Bertz CT molecular complexity index is 624. The Balaban J connectivity index is 2.62. The average Bonchev–Trinajstić information content (AvgIpc) is 2.50. The fourth-order valence-corrected chi connectivity index (χ4v) is 3.03. The molecule has 1 aromatic carbocycles. The van der Waals surface area contributed by atoms with E-state index in [4.69, 9.17) is 0 Å². The highest BCUT2D eigenvalue weighted by Gasteiger charge is 2.10. The topological polar surface area (TPSA) is 70.6 Å². The van der Waals surface area contributed by atoms with Crippen LogP contribution in [0, 0.1) is 6.92 Å². The van der Waals surface area contributed by atoms with E-state index in [1.54, 1.807) is 0 Å². The monoisotopic (exact) mass is 353 g/mol. The molecule has 5 nitrogen and oxygen atoms in total. The molecule has 0 amide bonds. The predicted molar refractivity (Wildman–Crippen MR) is 102 cm³/mol. The summed E-state index contributed by atoms with van der Waals surface area (Å²) in [6.45, 7) is 9.67. The first-order valence-corrected chi connectivity index (χ1v) is 10.6. The summed E-state index contributed by atoms with van der Waals surface area (Å²) in [4.78, 5) is 4.64. The number of benzene rings is 1. The van der Waals surface area contributed by atoms with Crippen LogP contribution in [0.25, 0.3) is 0 Å². The highest BCUT2D eigenvalue weighted by atomic mass is 32.2. The van der Waals surface area contributed by atoms with Crippen molar-refractivity contribution in [2.24, 2.45) is 4.99 Å². The SMILES string of the molecule is CCNC(=NCC(C)c1ccc(C)cc1)NC(C)CCS(C)(=O)=O. The van der Waals surface area contributed by atoms with E-state index in [9.17, 15) is 8.42 Å². The number of aryl methyl sites for hydroxylation is 1. The summed E-state index contributed by atoms with van der Waals surface area (Å²) in [5, 5.41) is 6.50. The van der Waals surface area contributed by atoms with Crippen LogP contribution in [0.1, 0.15) is 44.2 Å². The molecule has 24 heavy (non-hydrogen) atoms. The Morgan fingerprint density at radius 1 is 1.21 bits per heavy atom. The number of hydrogen-bond acceptors (Lipinski definition) is 3. The van der Waals surface area contributed by atoms with Gasteiger partial charge in [-0.15, -0.1) is 0 Å². The molecular weight excluding hydrogens is 322 g/mol. The van der Waals surface area contributed by atoms with E-state index in [0.717, 1.165) is 12.5 Å². The van der Waals surface area contributed by atoms with Crippen LogP contribution in [0.3, 0.4) is 0 Å². The molecule has 0 saturated heterocycles. The third kappa shape index (κ3) is 8.34. The van der Waals surface area contributed by atoms with Crippen molar-refractivity contribution in [3.63, 3.8) is 0 Å². The summed E-state index contributed by atoms with van der Waals surface area (Å²) >= 11 is 0. The molecule has 0 saturated carbocycles. The van der Waals surface area contributed by atoms with Gasteiger partial charge in [-0.25, -0.2) is 8.42 Å². The van der Waals surface area contributed by atoms with Crippen molar-refractivity contribution in [1.29, 1.82) is 0 Å². The molecule has 0 aliphatic rings. The lowest BCUT2D eigenvalue weighted by Gasteiger charge is -2.18. The van der Waals surface area contributed by atoms with Gasteiger partial charge in [0.2, 0.25) is 0 Å². The lowest BCUT2D eigenvalue weighted by molar-refractivity contribution is 0.581. The second-order valence-corrected chi connectivity index (χ2v) is 8.76. The Labute approximate surface area is 146 Å². The molecule has 0 aliphatic carbocycles. The van der Waals surface area contributed by atoms with Crippen LogP contribution in [0.15, 0.2) is 29.3 Å². The second kappa shape index (κ2) is 9.67. The van der Waals surface area contributed by atoms with Crippen molar-refractivity contribution in [3.05, 3.63) is 35.4 Å². The number of sulfone groups is 1. The minimum atomic E-state index is -2.93. The van der Waals surface area contributed by atoms with E-state index < -0.39 is 9.84 Å². The van der Waals surface area contributed by atoms with Crippen molar-refractivity contribution in [2.75, 3.05) is 25.1 Å². The summed E-state index contributed by atoms with van der Waals surface area (Å²) in [6.07, 6.45) is 1.83. The minimum absolute atomic E-state index is 0.0483. The Morgan fingerprint density at radius 2 is 1.83 bits per heavy atom. The van der Waals surface area contributed by atoms with E-state index >= 15 is 0 Å². The third-order valence-corrected chi connectivity index (χ3v) is 4.80. The quantitative estimate of drug-likeness (QED) is 0.556. The molecule has 0 spiro atoms. The molecule has 6 heteroatoms. The molecule has 0 aromatic heterocycles. The van der Waals surface area contributed by atoms with Gasteiger partial charge < -0.3 is 10.6 Å². The Kier molecular flexibility index (Phi) is 8.25. The van der Waals surface area contributed by atoms with Crippen LogP contribution < -0.4 is 10.6 Å². The van der Waals surface area contributed by atoms with Crippen molar-refractivity contribution < 1.29 is 8.42 Å². The summed E-state index contributed by atoms with van der Waals surface area (Å²) < 4.78 is 22.5. The lowest BCUT2D eigenvalue weighted by atomic mass is 10.0. The number of aliphatic imine (C=N–C) groups is 1. The molecule has 2 N–H and O–H groups in total. The zero-order chi connectivity index (χ0) is 18.2. The first-order chi connectivity index (χ1) is 11.2. The summed E-state index contributed by atoms with van der Waals surface area (Å²) in [5.41, 5.74) is 2.52. The largest absolute Gasteiger partial charge is 0.357 e. The molecule has 0 fully saturated rings. The first-order valence-electron chi connectivity index (χ1n) is 8.50. The van der Waals surface area contributed by atoms with Gasteiger partial charge in [0.15, 0.2) is 5.96 Å².